The number of aromatic nitrogens is 1. The molecular formula is C53H70N12O10. The Hall–Kier alpha value is -7.98. The van der Waals surface area contributed by atoms with Crippen molar-refractivity contribution in [3.8, 4) is 0 Å². The molecule has 0 aliphatic carbocycles. The van der Waals surface area contributed by atoms with Crippen LogP contribution in [0.15, 0.2) is 83.6 Å². The summed E-state index contributed by atoms with van der Waals surface area (Å²) in [6.07, 6.45) is 9.95. The molecule has 0 spiro atoms. The molecule has 9 amide bonds. The summed E-state index contributed by atoms with van der Waals surface area (Å²) >= 11 is 0. The van der Waals surface area contributed by atoms with Gasteiger partial charge in [-0.2, -0.15) is 0 Å². The third-order valence-corrected chi connectivity index (χ3v) is 12.1. The van der Waals surface area contributed by atoms with Gasteiger partial charge in [0.15, 0.2) is 0 Å². The van der Waals surface area contributed by atoms with Gasteiger partial charge in [-0.25, -0.2) is 14.6 Å². The first-order valence-electron chi connectivity index (χ1n) is 25.3. The zero-order valence-electron chi connectivity index (χ0n) is 43.0. The quantitative estimate of drug-likeness (QED) is 0.0276. The fraction of sp³-hybridized carbons (Fsp3) is 0.434. The highest BCUT2D eigenvalue weighted by Gasteiger charge is 2.29. The molecule has 22 heteroatoms. The van der Waals surface area contributed by atoms with Crippen LogP contribution in [0.1, 0.15) is 113 Å². The van der Waals surface area contributed by atoms with Crippen molar-refractivity contribution in [3.05, 3.63) is 101 Å². The predicted octanol–water partition coefficient (Wildman–Crippen LogP) is 4.47. The number of rotatable bonds is 28. The molecule has 3 aromatic rings. The molecule has 0 fully saturated rings. The smallest absolute Gasteiger partial charge is 0.407 e. The van der Waals surface area contributed by atoms with Crippen LogP contribution in [0.5, 0.6) is 0 Å². The predicted molar refractivity (Wildman–Crippen MR) is 283 cm³/mol. The second kappa shape index (κ2) is 29.0. The normalized spacial score (nSPS) is 14.2. The van der Waals surface area contributed by atoms with Gasteiger partial charge in [-0.1, -0.05) is 52.3 Å². The molecule has 402 valence electrons. The van der Waals surface area contributed by atoms with Gasteiger partial charge in [0.05, 0.1) is 17.6 Å². The summed E-state index contributed by atoms with van der Waals surface area (Å²) in [5, 5.41) is 27.5. The number of aliphatic hydroxyl groups is 1. The van der Waals surface area contributed by atoms with Crippen molar-refractivity contribution in [1.29, 1.82) is 0 Å². The number of nitrogens with one attached hydrogen (secondary N) is 6. The number of aliphatic hydroxyl groups excluding tert-OH is 1. The number of carbonyl (C=O) groups is 8. The van der Waals surface area contributed by atoms with Crippen molar-refractivity contribution in [2.24, 2.45) is 22.4 Å². The number of pyridine rings is 1. The SMILES string of the molecule is CCCN(CCC)C(O)C1=Cc2ccc(C(=O)Nc3cncc(CNC(=O)OCc4ccc(NC(=O)C(CCCNC(N)=O)NC(=O)[C@@H](NC(=O)CCCCCN5C(=O)C=CC5=O)C(C)C)cc4)c3)cc2N=C(N)C1. The Labute approximate surface area is 436 Å². The van der Waals surface area contributed by atoms with Gasteiger partial charge < -0.3 is 53.2 Å². The Morgan fingerprint density at radius 1 is 0.827 bits per heavy atom. The van der Waals surface area contributed by atoms with Crippen LogP contribution in [0.3, 0.4) is 0 Å². The number of nitrogens with zero attached hydrogens (tertiary/aromatic N) is 4. The average Bonchev–Trinajstić information content (AvgIpc) is 3.59. The summed E-state index contributed by atoms with van der Waals surface area (Å²) in [6.45, 7) is 9.44. The van der Waals surface area contributed by atoms with Gasteiger partial charge in [0.1, 0.15) is 30.8 Å². The molecule has 0 saturated carbocycles. The van der Waals surface area contributed by atoms with Crippen LogP contribution in [0.4, 0.5) is 26.7 Å². The van der Waals surface area contributed by atoms with Crippen LogP contribution in [0.25, 0.3) is 6.08 Å². The van der Waals surface area contributed by atoms with E-state index in [1.165, 1.54) is 24.5 Å². The number of hydrogen-bond donors (Lipinski definition) is 9. The van der Waals surface area contributed by atoms with Crippen LogP contribution >= 0.6 is 0 Å². The van der Waals surface area contributed by atoms with E-state index in [2.05, 4.69) is 55.7 Å². The van der Waals surface area contributed by atoms with Gasteiger partial charge in [-0.3, -0.25) is 43.6 Å². The molecule has 0 saturated heterocycles. The Kier molecular flexibility index (Phi) is 22.4. The molecule has 2 aromatic carbocycles. The van der Waals surface area contributed by atoms with E-state index >= 15 is 0 Å². The van der Waals surface area contributed by atoms with Crippen LogP contribution < -0.4 is 43.4 Å². The fourth-order valence-corrected chi connectivity index (χ4v) is 8.25. The standard InChI is InChI=1S/C53H70N12O10/c1-5-22-64(23-6-2)51(72)38-26-36-15-16-37(27-42(36)61-43(54)28-38)48(69)60-40-25-35(29-56-31-40)30-58-53(74)75-32-34-13-17-39(18-14-34)59-49(70)41(11-10-21-57-52(55)73)62-50(71)47(33(3)4)63-44(66)12-8-7-9-24-65-45(67)19-20-46(65)68/h13-20,25-27,29,31,33,41,47,51,72H,5-12,21-24,28,30,32H2,1-4H3,(H2,54,61)(H,58,74)(H,59,70)(H,60,69)(H,62,71)(H,63,66)(H3,55,57,73)/t41?,47-,51?/m0/s1. The molecule has 0 bridgehead atoms. The minimum absolute atomic E-state index is 0.0372. The lowest BCUT2D eigenvalue weighted by atomic mass is 10.0. The largest absolute Gasteiger partial charge is 0.445 e. The van der Waals surface area contributed by atoms with E-state index in [-0.39, 0.29) is 75.6 Å². The number of fused-ring (bicyclic) bond motifs is 1. The number of imide groups is 1. The number of carbonyl (C=O) groups excluding carboxylic acids is 8. The summed E-state index contributed by atoms with van der Waals surface area (Å²) < 4.78 is 5.41. The molecule has 22 nitrogen and oxygen atoms in total. The number of hydrogen-bond acceptors (Lipinski definition) is 14. The molecule has 75 heavy (non-hydrogen) atoms. The summed E-state index contributed by atoms with van der Waals surface area (Å²) in [6, 6.07) is 10.5. The van der Waals surface area contributed by atoms with Crippen LogP contribution in [0, 0.1) is 5.92 Å². The summed E-state index contributed by atoms with van der Waals surface area (Å²) in [4.78, 5) is 113. The van der Waals surface area contributed by atoms with E-state index in [4.69, 9.17) is 16.2 Å². The molecule has 5 rings (SSSR count). The fourth-order valence-electron chi connectivity index (χ4n) is 8.25. The van der Waals surface area contributed by atoms with Crippen molar-refractivity contribution in [2.45, 2.75) is 117 Å². The summed E-state index contributed by atoms with van der Waals surface area (Å²) in [5.74, 6) is -2.66. The zero-order valence-corrected chi connectivity index (χ0v) is 43.0. The maximum absolute atomic E-state index is 13.6. The monoisotopic (exact) mass is 1030 g/mol. The first kappa shape index (κ1) is 57.9. The Balaban J connectivity index is 1.09. The third-order valence-electron chi connectivity index (χ3n) is 12.1. The molecule has 0 radical (unpaired) electrons. The molecule has 2 aliphatic heterocycles. The number of nitrogens with two attached hydrogens (primary N) is 2. The number of ether oxygens (including phenoxy) is 1. The molecule has 11 N–H and O–H groups in total. The van der Waals surface area contributed by atoms with Crippen LogP contribution in [0.2, 0.25) is 0 Å². The van der Waals surface area contributed by atoms with Crippen molar-refractivity contribution >= 4 is 76.5 Å². The van der Waals surface area contributed by atoms with E-state index in [0.29, 0.717) is 58.9 Å². The van der Waals surface area contributed by atoms with Gasteiger partial charge in [-0.05, 0) is 97.6 Å². The first-order valence-corrected chi connectivity index (χ1v) is 25.3. The number of anilines is 2. The molecule has 1 aromatic heterocycles. The lowest BCUT2D eigenvalue weighted by Crippen LogP contribution is -2.54. The number of benzene rings is 2. The minimum Gasteiger partial charge on any atom is -0.445 e. The van der Waals surface area contributed by atoms with Gasteiger partial charge >= 0.3 is 12.1 Å². The molecule has 2 unspecified atom stereocenters. The number of alkyl carbamates (subject to hydrolysis) is 1. The second-order valence-electron chi connectivity index (χ2n) is 18.6. The van der Waals surface area contributed by atoms with Crippen LogP contribution in [-0.4, -0.2) is 118 Å². The summed E-state index contributed by atoms with van der Waals surface area (Å²) in [5.41, 5.74) is 15.7. The maximum atomic E-state index is 13.6. The molecule has 2 aliphatic rings. The number of unbranched alkanes of at least 4 members (excludes halogenated alkanes) is 2. The van der Waals surface area contributed by atoms with Gasteiger partial charge in [0, 0.05) is 80.7 Å². The van der Waals surface area contributed by atoms with E-state index in [9.17, 15) is 43.5 Å². The average molecular weight is 1040 g/mol. The van der Waals surface area contributed by atoms with Gasteiger partial charge in [0.2, 0.25) is 17.7 Å². The zero-order chi connectivity index (χ0) is 54.4. The highest BCUT2D eigenvalue weighted by atomic mass is 16.5. The first-order chi connectivity index (χ1) is 35.9. The summed E-state index contributed by atoms with van der Waals surface area (Å²) in [7, 11) is 0. The van der Waals surface area contributed by atoms with Crippen molar-refractivity contribution in [2.75, 3.05) is 36.8 Å². The van der Waals surface area contributed by atoms with Gasteiger partial charge in [-0.15, -0.1) is 0 Å². The Bertz CT molecular complexity index is 2590. The number of urea groups is 1. The highest BCUT2D eigenvalue weighted by molar-refractivity contribution is 6.13. The molecule has 3 heterocycles. The lowest BCUT2D eigenvalue weighted by Gasteiger charge is -2.28. The Morgan fingerprint density at radius 2 is 1.55 bits per heavy atom. The van der Waals surface area contributed by atoms with Crippen molar-refractivity contribution < 1.29 is 48.2 Å². The number of aliphatic imine (C=N–C) groups is 1. The number of amides is 9. The Morgan fingerprint density at radius 3 is 2.23 bits per heavy atom. The van der Waals surface area contributed by atoms with E-state index < -0.39 is 48.2 Å². The van der Waals surface area contributed by atoms with Gasteiger partial charge in [0.25, 0.3) is 17.7 Å². The van der Waals surface area contributed by atoms with Crippen molar-refractivity contribution in [3.63, 3.8) is 0 Å². The molecule has 3 atom stereocenters. The van der Waals surface area contributed by atoms with E-state index in [1.54, 1.807) is 62.4 Å². The minimum atomic E-state index is -1.06. The highest BCUT2D eigenvalue weighted by Crippen LogP contribution is 2.30. The van der Waals surface area contributed by atoms with Crippen LogP contribution in [-0.2, 0) is 41.9 Å². The third kappa shape index (κ3) is 18.5. The second-order valence-corrected chi connectivity index (χ2v) is 18.6. The number of primary amides is 1. The molecular weight excluding hydrogens is 965 g/mol. The van der Waals surface area contributed by atoms with E-state index in [1.807, 2.05) is 11.0 Å². The number of amidine groups is 1. The topological polar surface area (TPSA) is 322 Å². The van der Waals surface area contributed by atoms with E-state index in [0.717, 1.165) is 42.0 Å². The van der Waals surface area contributed by atoms with Crippen molar-refractivity contribution in [1.82, 2.24) is 36.1 Å². The maximum Gasteiger partial charge on any atom is 0.407 e. The lowest BCUT2D eigenvalue weighted by molar-refractivity contribution is -0.137.